The van der Waals surface area contributed by atoms with E-state index in [1.165, 1.54) is 5.56 Å². The Morgan fingerprint density at radius 1 is 1.16 bits per heavy atom. The predicted molar refractivity (Wildman–Crippen MR) is 83.7 cm³/mol. The molecule has 3 nitrogen and oxygen atoms in total. The van der Waals surface area contributed by atoms with Crippen molar-refractivity contribution < 1.29 is 0 Å². The molecule has 0 unspecified atom stereocenters. The molecule has 0 fully saturated rings. The number of nitrogen functional groups attached to an aromatic ring is 1. The van der Waals surface area contributed by atoms with E-state index >= 15 is 0 Å². The van der Waals surface area contributed by atoms with Crippen LogP contribution >= 0.6 is 15.9 Å². The van der Waals surface area contributed by atoms with Gasteiger partial charge < -0.3 is 10.6 Å². The van der Waals surface area contributed by atoms with Crippen molar-refractivity contribution in [1.29, 1.82) is 5.41 Å². The highest BCUT2D eigenvalue weighted by atomic mass is 79.9. The fourth-order valence-corrected chi connectivity index (χ4v) is 2.25. The summed E-state index contributed by atoms with van der Waals surface area (Å²) in [6.07, 6.45) is 0. The second-order valence-corrected chi connectivity index (χ2v) is 5.33. The summed E-state index contributed by atoms with van der Waals surface area (Å²) >= 11 is 3.43. The molecule has 0 saturated carbocycles. The van der Waals surface area contributed by atoms with Crippen LogP contribution in [0.15, 0.2) is 53.0 Å². The Labute approximate surface area is 121 Å². The summed E-state index contributed by atoms with van der Waals surface area (Å²) in [5.41, 5.74) is 8.56. The maximum absolute atomic E-state index is 7.62. The zero-order chi connectivity index (χ0) is 13.8. The van der Waals surface area contributed by atoms with E-state index in [1.807, 2.05) is 43.4 Å². The number of benzene rings is 2. The van der Waals surface area contributed by atoms with Crippen molar-refractivity contribution in [2.45, 2.75) is 6.54 Å². The van der Waals surface area contributed by atoms with Gasteiger partial charge in [-0.05, 0) is 29.8 Å². The number of nitrogens with two attached hydrogens (primary N) is 1. The molecule has 0 atom stereocenters. The number of amidine groups is 1. The second-order valence-electron chi connectivity index (χ2n) is 4.41. The summed E-state index contributed by atoms with van der Waals surface area (Å²) in [5, 5.41) is 7.62. The molecule has 19 heavy (non-hydrogen) atoms. The van der Waals surface area contributed by atoms with Gasteiger partial charge in [-0.3, -0.25) is 5.41 Å². The smallest absolute Gasteiger partial charge is 0.124 e. The molecule has 2 rings (SSSR count). The molecular weight excluding hydrogens is 302 g/mol. The van der Waals surface area contributed by atoms with Crippen molar-refractivity contribution in [3.05, 3.63) is 64.1 Å². The summed E-state index contributed by atoms with van der Waals surface area (Å²) < 4.78 is 1.07. The van der Waals surface area contributed by atoms with E-state index in [1.54, 1.807) is 0 Å². The quantitative estimate of drug-likeness (QED) is 0.671. The molecular formula is C15H16BrN3. The number of hydrogen-bond acceptors (Lipinski definition) is 2. The molecule has 0 aromatic heterocycles. The van der Waals surface area contributed by atoms with Gasteiger partial charge in [0.05, 0.1) is 0 Å². The van der Waals surface area contributed by atoms with Gasteiger partial charge in [-0.2, -0.15) is 0 Å². The first-order valence-corrected chi connectivity index (χ1v) is 6.76. The van der Waals surface area contributed by atoms with Crippen LogP contribution in [0.3, 0.4) is 0 Å². The largest absolute Gasteiger partial charge is 0.384 e. The number of nitrogens with zero attached hydrogens (tertiary/aromatic N) is 1. The first-order valence-electron chi connectivity index (χ1n) is 5.97. The lowest BCUT2D eigenvalue weighted by Gasteiger charge is -2.22. The molecule has 4 heteroatoms. The van der Waals surface area contributed by atoms with E-state index in [2.05, 4.69) is 33.0 Å². The van der Waals surface area contributed by atoms with Gasteiger partial charge in [-0.15, -0.1) is 0 Å². The molecule has 0 saturated heterocycles. The van der Waals surface area contributed by atoms with Crippen molar-refractivity contribution in [2.24, 2.45) is 5.73 Å². The topological polar surface area (TPSA) is 53.1 Å². The molecule has 2 aromatic carbocycles. The molecule has 0 bridgehead atoms. The fourth-order valence-electron chi connectivity index (χ4n) is 1.98. The van der Waals surface area contributed by atoms with Gasteiger partial charge in [-0.1, -0.05) is 40.2 Å². The minimum absolute atomic E-state index is 0.0956. The van der Waals surface area contributed by atoms with Gasteiger partial charge in [0.15, 0.2) is 0 Å². The number of halogens is 1. The number of para-hydroxylation sites is 1. The first-order chi connectivity index (χ1) is 9.08. The number of hydrogen-bond donors (Lipinski definition) is 2. The second kappa shape index (κ2) is 5.89. The van der Waals surface area contributed by atoms with Crippen LogP contribution in [0.1, 0.15) is 11.1 Å². The Bertz CT molecular complexity index is 578. The summed E-state index contributed by atoms with van der Waals surface area (Å²) in [6.45, 7) is 0.775. The molecule has 98 valence electrons. The van der Waals surface area contributed by atoms with Gasteiger partial charge in [0.2, 0.25) is 0 Å². The Morgan fingerprint density at radius 2 is 1.79 bits per heavy atom. The third-order valence-electron chi connectivity index (χ3n) is 2.94. The molecule has 0 spiro atoms. The Hall–Kier alpha value is -1.81. The number of rotatable bonds is 4. The van der Waals surface area contributed by atoms with Crippen molar-refractivity contribution in [1.82, 2.24) is 0 Å². The van der Waals surface area contributed by atoms with Crippen LogP contribution in [0.5, 0.6) is 0 Å². The van der Waals surface area contributed by atoms with E-state index in [0.29, 0.717) is 0 Å². The monoisotopic (exact) mass is 317 g/mol. The Balaban J connectivity index is 2.22. The van der Waals surface area contributed by atoms with Crippen LogP contribution in [-0.4, -0.2) is 12.9 Å². The fraction of sp³-hybridized carbons (Fsp3) is 0.133. The highest BCUT2D eigenvalue weighted by Gasteiger charge is 2.09. The lowest BCUT2D eigenvalue weighted by molar-refractivity contribution is 0.921. The van der Waals surface area contributed by atoms with Crippen molar-refractivity contribution in [2.75, 3.05) is 11.9 Å². The highest BCUT2D eigenvalue weighted by molar-refractivity contribution is 9.10. The lowest BCUT2D eigenvalue weighted by Crippen LogP contribution is -2.21. The van der Waals surface area contributed by atoms with Crippen molar-refractivity contribution >= 4 is 27.5 Å². The number of anilines is 1. The molecule has 2 aromatic rings. The third-order valence-corrected chi connectivity index (χ3v) is 3.47. The zero-order valence-corrected chi connectivity index (χ0v) is 12.3. The van der Waals surface area contributed by atoms with E-state index in [9.17, 15) is 0 Å². The van der Waals surface area contributed by atoms with Gasteiger partial charge in [0, 0.05) is 29.3 Å². The van der Waals surface area contributed by atoms with E-state index in [-0.39, 0.29) is 5.84 Å². The van der Waals surface area contributed by atoms with Crippen LogP contribution in [0.4, 0.5) is 5.69 Å². The number of nitrogens with one attached hydrogen (secondary N) is 1. The Kier molecular flexibility index (Phi) is 4.22. The third kappa shape index (κ3) is 3.35. The zero-order valence-electron chi connectivity index (χ0n) is 10.7. The van der Waals surface area contributed by atoms with Crippen molar-refractivity contribution in [3.63, 3.8) is 0 Å². The maximum Gasteiger partial charge on any atom is 0.124 e. The summed E-state index contributed by atoms with van der Waals surface area (Å²) in [5.74, 6) is 0.0956. The summed E-state index contributed by atoms with van der Waals surface area (Å²) in [4.78, 5) is 2.10. The van der Waals surface area contributed by atoms with Crippen LogP contribution in [0, 0.1) is 5.41 Å². The summed E-state index contributed by atoms with van der Waals surface area (Å²) in [7, 11) is 2.00. The van der Waals surface area contributed by atoms with E-state index in [4.69, 9.17) is 11.1 Å². The standard InChI is InChI=1S/C15H16BrN3/c1-19(10-11-6-8-12(16)9-7-11)14-5-3-2-4-13(14)15(17)18/h2-9H,10H2,1H3,(H3,17,18). The molecule has 0 aliphatic rings. The van der Waals surface area contributed by atoms with E-state index < -0.39 is 0 Å². The average molecular weight is 318 g/mol. The summed E-state index contributed by atoms with van der Waals surface area (Å²) in [6, 6.07) is 15.9. The van der Waals surface area contributed by atoms with Crippen LogP contribution < -0.4 is 10.6 Å². The van der Waals surface area contributed by atoms with Crippen LogP contribution in [-0.2, 0) is 6.54 Å². The van der Waals surface area contributed by atoms with Crippen LogP contribution in [0.2, 0.25) is 0 Å². The van der Waals surface area contributed by atoms with Gasteiger partial charge >= 0.3 is 0 Å². The Morgan fingerprint density at radius 3 is 2.42 bits per heavy atom. The van der Waals surface area contributed by atoms with Gasteiger partial charge in [0.25, 0.3) is 0 Å². The minimum Gasteiger partial charge on any atom is -0.384 e. The normalized spacial score (nSPS) is 10.2. The van der Waals surface area contributed by atoms with Crippen LogP contribution in [0.25, 0.3) is 0 Å². The average Bonchev–Trinajstić information content (AvgIpc) is 2.41. The molecule has 3 N–H and O–H groups in total. The SMILES string of the molecule is CN(Cc1ccc(Br)cc1)c1ccccc1C(=N)N. The molecule has 0 amide bonds. The first kappa shape index (κ1) is 13.6. The van der Waals surface area contributed by atoms with E-state index in [0.717, 1.165) is 22.3 Å². The molecule has 0 aliphatic heterocycles. The van der Waals surface area contributed by atoms with Crippen molar-refractivity contribution in [3.8, 4) is 0 Å². The predicted octanol–water partition coefficient (Wildman–Crippen LogP) is 3.37. The minimum atomic E-state index is 0.0956. The molecule has 0 heterocycles. The molecule has 0 radical (unpaired) electrons. The lowest BCUT2D eigenvalue weighted by atomic mass is 10.1. The van der Waals surface area contributed by atoms with Gasteiger partial charge in [0.1, 0.15) is 5.84 Å². The maximum atomic E-state index is 7.62. The van der Waals surface area contributed by atoms with Gasteiger partial charge in [-0.25, -0.2) is 0 Å². The molecule has 0 aliphatic carbocycles. The highest BCUT2D eigenvalue weighted by Crippen LogP contribution is 2.21.